The van der Waals surface area contributed by atoms with Gasteiger partial charge in [0.15, 0.2) is 0 Å². The quantitative estimate of drug-likeness (QED) is 0.748. The fraction of sp³-hybridized carbons (Fsp3) is 1.00. The van der Waals surface area contributed by atoms with E-state index in [1.54, 1.807) is 0 Å². The van der Waals surface area contributed by atoms with Crippen LogP contribution in [0.3, 0.4) is 0 Å². The molecule has 0 aromatic heterocycles. The number of hydrogen-bond donors (Lipinski definition) is 1. The van der Waals surface area contributed by atoms with Gasteiger partial charge in [0.05, 0.1) is 24.9 Å². The molecule has 4 atom stereocenters. The van der Waals surface area contributed by atoms with Crippen molar-refractivity contribution < 1.29 is 17.9 Å². The standard InChI is InChI=1S/C15H30N2O4S/c1-12-6-4-5-7-15(12)20-9-8-16-22(18,19)17-10-13(2)21-14(3)11-17/h12-16H,4-11H2,1-3H3/t12-,13-,14+,15+/m0/s1. The molecule has 0 radical (unpaired) electrons. The molecule has 2 fully saturated rings. The second-order valence-electron chi connectivity index (χ2n) is 6.64. The fourth-order valence-corrected chi connectivity index (χ4v) is 4.67. The largest absolute Gasteiger partial charge is 0.377 e. The summed E-state index contributed by atoms with van der Waals surface area (Å²) in [4.78, 5) is 0. The molecule has 0 spiro atoms. The minimum Gasteiger partial charge on any atom is -0.377 e. The third-order valence-corrected chi connectivity index (χ3v) is 6.02. The van der Waals surface area contributed by atoms with Gasteiger partial charge in [-0.2, -0.15) is 17.4 Å². The molecule has 1 saturated carbocycles. The second kappa shape index (κ2) is 8.06. The van der Waals surface area contributed by atoms with Crippen LogP contribution in [0.15, 0.2) is 0 Å². The van der Waals surface area contributed by atoms with Gasteiger partial charge in [-0.05, 0) is 32.6 Å². The average molecular weight is 334 g/mol. The summed E-state index contributed by atoms with van der Waals surface area (Å²) in [5.74, 6) is 0.575. The minimum atomic E-state index is -3.44. The van der Waals surface area contributed by atoms with Crippen LogP contribution in [-0.4, -0.2) is 57.3 Å². The van der Waals surface area contributed by atoms with Gasteiger partial charge in [-0.25, -0.2) is 0 Å². The number of morpholine rings is 1. The molecule has 1 heterocycles. The van der Waals surface area contributed by atoms with Crippen LogP contribution in [0.25, 0.3) is 0 Å². The van der Waals surface area contributed by atoms with E-state index in [2.05, 4.69) is 11.6 Å². The lowest BCUT2D eigenvalue weighted by Crippen LogP contribution is -2.52. The number of nitrogens with one attached hydrogen (secondary N) is 1. The first-order valence-corrected chi connectivity index (χ1v) is 9.84. The van der Waals surface area contributed by atoms with E-state index in [-0.39, 0.29) is 18.3 Å². The van der Waals surface area contributed by atoms with Crippen molar-refractivity contribution in [3.05, 3.63) is 0 Å². The van der Waals surface area contributed by atoms with Gasteiger partial charge in [-0.15, -0.1) is 0 Å². The van der Waals surface area contributed by atoms with E-state index in [4.69, 9.17) is 9.47 Å². The summed E-state index contributed by atoms with van der Waals surface area (Å²) in [6.07, 6.45) is 4.93. The van der Waals surface area contributed by atoms with Crippen molar-refractivity contribution in [1.82, 2.24) is 9.03 Å². The van der Waals surface area contributed by atoms with Crippen molar-refractivity contribution in [2.45, 2.75) is 64.8 Å². The summed E-state index contributed by atoms with van der Waals surface area (Å²) < 4.78 is 40.1. The highest BCUT2D eigenvalue weighted by molar-refractivity contribution is 7.87. The van der Waals surface area contributed by atoms with Crippen LogP contribution >= 0.6 is 0 Å². The zero-order valence-electron chi connectivity index (χ0n) is 14.0. The van der Waals surface area contributed by atoms with E-state index in [0.717, 1.165) is 6.42 Å². The maximum Gasteiger partial charge on any atom is 0.279 e. The highest BCUT2D eigenvalue weighted by Gasteiger charge is 2.30. The Morgan fingerprint density at radius 1 is 1.14 bits per heavy atom. The van der Waals surface area contributed by atoms with Gasteiger partial charge in [0.25, 0.3) is 10.2 Å². The Balaban J connectivity index is 1.73. The summed E-state index contributed by atoms with van der Waals surface area (Å²) in [6.45, 7) is 7.57. The van der Waals surface area contributed by atoms with Crippen molar-refractivity contribution >= 4 is 10.2 Å². The monoisotopic (exact) mass is 334 g/mol. The number of rotatable bonds is 6. The maximum absolute atomic E-state index is 12.3. The molecular formula is C15H30N2O4S. The first kappa shape index (κ1) is 18.1. The van der Waals surface area contributed by atoms with E-state index in [1.807, 2.05) is 13.8 Å². The Morgan fingerprint density at radius 2 is 1.77 bits per heavy atom. The Morgan fingerprint density at radius 3 is 2.41 bits per heavy atom. The molecule has 22 heavy (non-hydrogen) atoms. The lowest BCUT2D eigenvalue weighted by Gasteiger charge is -2.34. The van der Waals surface area contributed by atoms with E-state index in [1.165, 1.54) is 23.6 Å². The molecule has 0 aromatic rings. The zero-order chi connectivity index (χ0) is 16.2. The van der Waals surface area contributed by atoms with Crippen LogP contribution < -0.4 is 4.72 Å². The van der Waals surface area contributed by atoms with Gasteiger partial charge < -0.3 is 9.47 Å². The minimum absolute atomic E-state index is 0.0698. The molecule has 1 saturated heterocycles. The second-order valence-corrected chi connectivity index (χ2v) is 8.40. The molecule has 0 aromatic carbocycles. The van der Waals surface area contributed by atoms with Crippen LogP contribution in [0.1, 0.15) is 46.5 Å². The van der Waals surface area contributed by atoms with Gasteiger partial charge in [0.1, 0.15) is 0 Å². The molecule has 1 aliphatic heterocycles. The van der Waals surface area contributed by atoms with Gasteiger partial charge in [0, 0.05) is 19.6 Å². The van der Waals surface area contributed by atoms with Crippen LogP contribution in [0.4, 0.5) is 0 Å². The van der Waals surface area contributed by atoms with E-state index >= 15 is 0 Å². The third-order valence-electron chi connectivity index (χ3n) is 4.48. The number of ether oxygens (including phenoxy) is 2. The third kappa shape index (κ3) is 5.16. The Hall–Kier alpha value is -0.210. The predicted octanol–water partition coefficient (Wildman–Crippen LogP) is 1.53. The van der Waals surface area contributed by atoms with Crippen molar-refractivity contribution in [2.75, 3.05) is 26.2 Å². The van der Waals surface area contributed by atoms with E-state index < -0.39 is 10.2 Å². The van der Waals surface area contributed by atoms with Crippen molar-refractivity contribution in [1.29, 1.82) is 0 Å². The topological polar surface area (TPSA) is 67.9 Å². The highest BCUT2D eigenvalue weighted by Crippen LogP contribution is 2.26. The molecule has 0 unspecified atom stereocenters. The normalized spacial score (nSPS) is 34.7. The van der Waals surface area contributed by atoms with Gasteiger partial charge in [0.2, 0.25) is 0 Å². The highest BCUT2D eigenvalue weighted by atomic mass is 32.2. The van der Waals surface area contributed by atoms with Gasteiger partial charge >= 0.3 is 0 Å². The fourth-order valence-electron chi connectivity index (χ4n) is 3.33. The molecule has 0 amide bonds. The molecule has 1 N–H and O–H groups in total. The molecule has 2 aliphatic rings. The van der Waals surface area contributed by atoms with Crippen molar-refractivity contribution in [3.8, 4) is 0 Å². The molecule has 130 valence electrons. The molecule has 1 aliphatic carbocycles. The molecular weight excluding hydrogens is 304 g/mol. The molecule has 7 heteroatoms. The van der Waals surface area contributed by atoms with Crippen LogP contribution in [0.5, 0.6) is 0 Å². The molecule has 6 nitrogen and oxygen atoms in total. The van der Waals surface area contributed by atoms with Crippen LogP contribution in [0.2, 0.25) is 0 Å². The summed E-state index contributed by atoms with van der Waals surface area (Å²) >= 11 is 0. The first-order valence-electron chi connectivity index (χ1n) is 8.40. The predicted molar refractivity (Wildman–Crippen MR) is 85.9 cm³/mol. The summed E-state index contributed by atoms with van der Waals surface area (Å²) in [7, 11) is -3.44. The summed E-state index contributed by atoms with van der Waals surface area (Å²) in [5, 5.41) is 0. The van der Waals surface area contributed by atoms with Crippen molar-refractivity contribution in [2.24, 2.45) is 5.92 Å². The number of hydrogen-bond acceptors (Lipinski definition) is 4. The van der Waals surface area contributed by atoms with Crippen LogP contribution in [0, 0.1) is 5.92 Å². The number of nitrogens with zero attached hydrogens (tertiary/aromatic N) is 1. The van der Waals surface area contributed by atoms with Gasteiger partial charge in [-0.1, -0.05) is 19.8 Å². The van der Waals surface area contributed by atoms with E-state index in [9.17, 15) is 8.42 Å². The SMILES string of the molecule is C[C@@H]1CN(S(=O)(=O)NCCO[C@@H]2CCCC[C@@H]2C)C[C@H](C)O1. The maximum atomic E-state index is 12.3. The van der Waals surface area contributed by atoms with Crippen LogP contribution in [-0.2, 0) is 19.7 Å². The molecule has 0 bridgehead atoms. The zero-order valence-corrected chi connectivity index (χ0v) is 14.8. The first-order chi connectivity index (χ1) is 10.4. The van der Waals surface area contributed by atoms with E-state index in [0.29, 0.717) is 32.2 Å². The lowest BCUT2D eigenvalue weighted by molar-refractivity contribution is -0.0445. The lowest BCUT2D eigenvalue weighted by atomic mass is 9.88. The van der Waals surface area contributed by atoms with Crippen molar-refractivity contribution in [3.63, 3.8) is 0 Å². The average Bonchev–Trinajstić information content (AvgIpc) is 2.44. The Labute approximate surface area is 134 Å². The Kier molecular flexibility index (Phi) is 6.64. The van der Waals surface area contributed by atoms with Gasteiger partial charge in [-0.3, -0.25) is 0 Å². The smallest absolute Gasteiger partial charge is 0.279 e. The molecule has 2 rings (SSSR count). The summed E-state index contributed by atoms with van der Waals surface area (Å²) in [5.41, 5.74) is 0. The summed E-state index contributed by atoms with van der Waals surface area (Å²) in [6, 6.07) is 0. The Bertz CT molecular complexity index is 433.